The standard InChI is InChI=1S/C13H5Cl3F3NO/c14-8-3-7(4-9(15)12(8)16)10-1-6(5-21)2-11(20-10)13(17,18)19/h1-5H. The normalized spacial score (nSPS) is 11.5. The van der Waals surface area contributed by atoms with Gasteiger partial charge < -0.3 is 0 Å². The molecule has 0 atom stereocenters. The highest BCUT2D eigenvalue weighted by atomic mass is 35.5. The second kappa shape index (κ2) is 5.83. The molecule has 21 heavy (non-hydrogen) atoms. The first-order chi connectivity index (χ1) is 9.72. The highest BCUT2D eigenvalue weighted by Crippen LogP contribution is 2.36. The Balaban J connectivity index is 2.66. The molecule has 2 nitrogen and oxygen atoms in total. The number of hydrogen-bond donors (Lipinski definition) is 0. The summed E-state index contributed by atoms with van der Waals surface area (Å²) in [4.78, 5) is 14.3. The first-order valence-corrected chi connectivity index (χ1v) is 6.55. The zero-order valence-corrected chi connectivity index (χ0v) is 12.3. The summed E-state index contributed by atoms with van der Waals surface area (Å²) in [6, 6.07) is 4.52. The highest BCUT2D eigenvalue weighted by Gasteiger charge is 2.33. The summed E-state index contributed by atoms with van der Waals surface area (Å²) >= 11 is 17.5. The number of carbonyl (C=O) groups is 1. The number of aromatic nitrogens is 1. The maximum absolute atomic E-state index is 12.8. The average molecular weight is 355 g/mol. The molecule has 110 valence electrons. The monoisotopic (exact) mass is 353 g/mol. The van der Waals surface area contributed by atoms with Gasteiger partial charge in [0.1, 0.15) is 12.0 Å². The van der Waals surface area contributed by atoms with Crippen molar-refractivity contribution in [1.82, 2.24) is 4.98 Å². The Morgan fingerprint density at radius 2 is 1.57 bits per heavy atom. The Hall–Kier alpha value is -1.30. The second-order valence-corrected chi connectivity index (χ2v) is 5.23. The predicted octanol–water partition coefficient (Wildman–Crippen LogP) is 5.54. The van der Waals surface area contributed by atoms with E-state index in [-0.39, 0.29) is 31.9 Å². The third kappa shape index (κ3) is 3.48. The molecule has 0 aliphatic rings. The van der Waals surface area contributed by atoms with Crippen LogP contribution in [0.5, 0.6) is 0 Å². The average Bonchev–Trinajstić information content (AvgIpc) is 2.42. The molecule has 2 aromatic rings. The smallest absolute Gasteiger partial charge is 0.298 e. The minimum Gasteiger partial charge on any atom is -0.298 e. The molecule has 0 saturated heterocycles. The fourth-order valence-electron chi connectivity index (χ4n) is 1.62. The van der Waals surface area contributed by atoms with E-state index in [0.29, 0.717) is 12.4 Å². The fourth-order valence-corrected chi connectivity index (χ4v) is 2.21. The molecule has 0 unspecified atom stereocenters. The van der Waals surface area contributed by atoms with Gasteiger partial charge in [0, 0.05) is 11.1 Å². The first-order valence-electron chi connectivity index (χ1n) is 5.41. The van der Waals surface area contributed by atoms with Gasteiger partial charge in [-0.2, -0.15) is 13.2 Å². The molecular formula is C13H5Cl3F3NO. The van der Waals surface area contributed by atoms with Crippen LogP contribution in [0.2, 0.25) is 15.1 Å². The summed E-state index contributed by atoms with van der Waals surface area (Å²) in [7, 11) is 0. The van der Waals surface area contributed by atoms with E-state index in [2.05, 4.69) is 4.98 Å². The third-order valence-corrected chi connectivity index (χ3v) is 3.75. The van der Waals surface area contributed by atoms with Crippen molar-refractivity contribution in [1.29, 1.82) is 0 Å². The van der Waals surface area contributed by atoms with E-state index in [0.717, 1.165) is 0 Å². The number of alkyl halides is 3. The topological polar surface area (TPSA) is 30.0 Å². The molecule has 0 saturated carbocycles. The number of halogens is 6. The maximum atomic E-state index is 12.8. The van der Waals surface area contributed by atoms with Crippen molar-refractivity contribution in [2.24, 2.45) is 0 Å². The van der Waals surface area contributed by atoms with Crippen molar-refractivity contribution in [3.8, 4) is 11.3 Å². The van der Waals surface area contributed by atoms with Gasteiger partial charge in [-0.1, -0.05) is 34.8 Å². The van der Waals surface area contributed by atoms with E-state index in [1.54, 1.807) is 0 Å². The number of pyridine rings is 1. The largest absolute Gasteiger partial charge is 0.433 e. The molecule has 0 bridgehead atoms. The summed E-state index contributed by atoms with van der Waals surface area (Å²) in [5.74, 6) is 0. The van der Waals surface area contributed by atoms with E-state index in [9.17, 15) is 18.0 Å². The molecule has 0 N–H and O–H groups in total. The molecule has 1 heterocycles. The number of aldehydes is 1. The van der Waals surface area contributed by atoms with E-state index in [4.69, 9.17) is 34.8 Å². The van der Waals surface area contributed by atoms with Gasteiger partial charge in [0.15, 0.2) is 0 Å². The van der Waals surface area contributed by atoms with Gasteiger partial charge in [-0.05, 0) is 24.3 Å². The molecule has 0 aliphatic heterocycles. The van der Waals surface area contributed by atoms with Crippen LogP contribution in [0.25, 0.3) is 11.3 Å². The molecule has 8 heteroatoms. The number of hydrogen-bond acceptors (Lipinski definition) is 2. The van der Waals surface area contributed by atoms with E-state index < -0.39 is 11.9 Å². The number of nitrogens with zero attached hydrogens (tertiary/aromatic N) is 1. The van der Waals surface area contributed by atoms with Crippen LogP contribution in [-0.2, 0) is 6.18 Å². The quantitative estimate of drug-likeness (QED) is 0.523. The second-order valence-electron chi connectivity index (χ2n) is 4.04. The third-order valence-electron chi connectivity index (χ3n) is 2.55. The van der Waals surface area contributed by atoms with Gasteiger partial charge in [0.05, 0.1) is 20.8 Å². The lowest BCUT2D eigenvalue weighted by Gasteiger charge is -2.10. The first kappa shape index (κ1) is 16.1. The number of benzene rings is 1. The number of carbonyl (C=O) groups excluding carboxylic acids is 1. The molecule has 0 radical (unpaired) electrons. The van der Waals surface area contributed by atoms with Crippen LogP contribution < -0.4 is 0 Å². The molecule has 1 aromatic carbocycles. The van der Waals surface area contributed by atoms with Crippen LogP contribution >= 0.6 is 34.8 Å². The lowest BCUT2D eigenvalue weighted by Crippen LogP contribution is -2.09. The van der Waals surface area contributed by atoms with E-state index in [1.807, 2.05) is 0 Å². The van der Waals surface area contributed by atoms with Crippen molar-refractivity contribution in [3.05, 3.63) is 50.6 Å². The van der Waals surface area contributed by atoms with Crippen molar-refractivity contribution < 1.29 is 18.0 Å². The lowest BCUT2D eigenvalue weighted by atomic mass is 10.1. The molecule has 1 aromatic heterocycles. The summed E-state index contributed by atoms with van der Waals surface area (Å²) < 4.78 is 38.3. The van der Waals surface area contributed by atoms with Crippen LogP contribution in [0, 0.1) is 0 Å². The SMILES string of the molecule is O=Cc1cc(-c2cc(Cl)c(Cl)c(Cl)c2)nc(C(F)(F)F)c1. The Kier molecular flexibility index (Phi) is 4.46. The van der Waals surface area contributed by atoms with Crippen LogP contribution in [0.1, 0.15) is 16.1 Å². The molecule has 0 amide bonds. The minimum absolute atomic E-state index is 0.0750. The molecule has 2 rings (SSSR count). The zero-order chi connectivity index (χ0) is 15.8. The van der Waals surface area contributed by atoms with Gasteiger partial charge in [-0.15, -0.1) is 0 Å². The Morgan fingerprint density at radius 1 is 1.00 bits per heavy atom. The van der Waals surface area contributed by atoms with Crippen LogP contribution in [0.3, 0.4) is 0 Å². The Labute approximate surface area is 132 Å². The van der Waals surface area contributed by atoms with Gasteiger partial charge in [0.2, 0.25) is 0 Å². The Bertz CT molecular complexity index is 693. The zero-order valence-electron chi connectivity index (χ0n) is 10.0. The lowest BCUT2D eigenvalue weighted by molar-refractivity contribution is -0.141. The van der Waals surface area contributed by atoms with Crippen molar-refractivity contribution in [3.63, 3.8) is 0 Å². The molecular weight excluding hydrogens is 350 g/mol. The highest BCUT2D eigenvalue weighted by molar-refractivity contribution is 6.48. The van der Waals surface area contributed by atoms with Gasteiger partial charge >= 0.3 is 6.18 Å². The summed E-state index contributed by atoms with van der Waals surface area (Å²) in [6.45, 7) is 0. The molecule has 0 spiro atoms. The Morgan fingerprint density at radius 3 is 2.05 bits per heavy atom. The van der Waals surface area contributed by atoms with Gasteiger partial charge in [-0.3, -0.25) is 4.79 Å². The van der Waals surface area contributed by atoms with Crippen molar-refractivity contribution in [2.75, 3.05) is 0 Å². The molecule has 0 aliphatic carbocycles. The summed E-state index contributed by atoms with van der Waals surface area (Å²) in [6.07, 6.45) is -4.37. The van der Waals surface area contributed by atoms with Crippen LogP contribution in [-0.4, -0.2) is 11.3 Å². The summed E-state index contributed by atoms with van der Waals surface area (Å²) in [5.41, 5.74) is -1.19. The summed E-state index contributed by atoms with van der Waals surface area (Å²) in [5, 5.41) is 0.238. The van der Waals surface area contributed by atoms with Crippen LogP contribution in [0.4, 0.5) is 13.2 Å². The number of rotatable bonds is 2. The van der Waals surface area contributed by atoms with Gasteiger partial charge in [-0.25, -0.2) is 4.98 Å². The van der Waals surface area contributed by atoms with E-state index >= 15 is 0 Å². The maximum Gasteiger partial charge on any atom is 0.433 e. The van der Waals surface area contributed by atoms with Crippen molar-refractivity contribution in [2.45, 2.75) is 6.18 Å². The van der Waals surface area contributed by atoms with Crippen LogP contribution in [0.15, 0.2) is 24.3 Å². The predicted molar refractivity (Wildman–Crippen MR) is 75.1 cm³/mol. The fraction of sp³-hybridized carbons (Fsp3) is 0.0769. The minimum atomic E-state index is -4.67. The van der Waals surface area contributed by atoms with Crippen molar-refractivity contribution >= 4 is 41.1 Å². The van der Waals surface area contributed by atoms with E-state index in [1.165, 1.54) is 18.2 Å². The van der Waals surface area contributed by atoms with Gasteiger partial charge in [0.25, 0.3) is 0 Å². The molecule has 0 fully saturated rings.